The molecule has 1 atom stereocenters. The van der Waals surface area contributed by atoms with Gasteiger partial charge in [0.1, 0.15) is 0 Å². The summed E-state index contributed by atoms with van der Waals surface area (Å²) >= 11 is 0. The van der Waals surface area contributed by atoms with Gasteiger partial charge in [-0.15, -0.1) is 24.0 Å². The summed E-state index contributed by atoms with van der Waals surface area (Å²) in [5.41, 5.74) is 2.69. The Kier molecular flexibility index (Phi) is 9.86. The molecule has 2 aliphatic heterocycles. The first-order valence-corrected chi connectivity index (χ1v) is 10.1. The molecule has 0 bridgehead atoms. The zero-order chi connectivity index (χ0) is 18.2. The number of hydrogen-bond donors (Lipinski definition) is 2. The van der Waals surface area contributed by atoms with Crippen LogP contribution in [0.25, 0.3) is 0 Å². The van der Waals surface area contributed by atoms with Gasteiger partial charge in [0, 0.05) is 33.3 Å². The quantitative estimate of drug-likeness (QED) is 0.368. The monoisotopic (exact) mass is 486 g/mol. The lowest BCUT2D eigenvalue weighted by molar-refractivity contribution is 0.114. The van der Waals surface area contributed by atoms with Crippen LogP contribution in [0.4, 0.5) is 0 Å². The van der Waals surface area contributed by atoms with E-state index in [4.69, 9.17) is 4.74 Å². The van der Waals surface area contributed by atoms with Crippen LogP contribution in [0.15, 0.2) is 29.3 Å². The maximum Gasteiger partial charge on any atom is 0.191 e. The molecule has 2 N–H and O–H groups in total. The number of rotatable bonds is 6. The topological polar surface area (TPSA) is 48.9 Å². The van der Waals surface area contributed by atoms with Gasteiger partial charge < -0.3 is 15.4 Å². The largest absolute Gasteiger partial charge is 0.376 e. The molecule has 5 nitrogen and oxygen atoms in total. The van der Waals surface area contributed by atoms with E-state index in [1.807, 2.05) is 7.05 Å². The number of benzene rings is 1. The summed E-state index contributed by atoms with van der Waals surface area (Å²) < 4.78 is 5.64. The summed E-state index contributed by atoms with van der Waals surface area (Å²) in [5.74, 6) is 1.73. The van der Waals surface area contributed by atoms with Gasteiger partial charge in [-0.2, -0.15) is 0 Å². The van der Waals surface area contributed by atoms with E-state index in [-0.39, 0.29) is 24.0 Å². The second-order valence-electron chi connectivity index (χ2n) is 7.72. The van der Waals surface area contributed by atoms with E-state index in [0.717, 1.165) is 44.5 Å². The molecular formula is C21H35IN4O. The summed E-state index contributed by atoms with van der Waals surface area (Å²) in [6, 6.07) is 8.97. The third kappa shape index (κ3) is 7.58. The average Bonchev–Trinajstić information content (AvgIpc) is 3.18. The lowest BCUT2D eigenvalue weighted by Gasteiger charge is -2.30. The number of likely N-dealkylation sites (tertiary alicyclic amines) is 1. The Labute approximate surface area is 181 Å². The molecule has 0 amide bonds. The zero-order valence-electron chi connectivity index (χ0n) is 16.7. The highest BCUT2D eigenvalue weighted by Crippen LogP contribution is 2.18. The van der Waals surface area contributed by atoms with Gasteiger partial charge in [0.05, 0.1) is 6.10 Å². The van der Waals surface area contributed by atoms with E-state index >= 15 is 0 Å². The van der Waals surface area contributed by atoms with Crippen molar-refractivity contribution in [3.05, 3.63) is 35.4 Å². The minimum atomic E-state index is 0. The van der Waals surface area contributed by atoms with E-state index < -0.39 is 0 Å². The van der Waals surface area contributed by atoms with E-state index in [0.29, 0.717) is 6.10 Å². The highest BCUT2D eigenvalue weighted by Gasteiger charge is 2.16. The lowest BCUT2D eigenvalue weighted by atomic mass is 9.99. The summed E-state index contributed by atoms with van der Waals surface area (Å²) in [6.45, 7) is 8.41. The standard InChI is InChI=1S/C21H34N4O.HI/c1-17-9-11-25(12-10-17)16-19-7-5-18(6-8-19)14-23-21(22-2)24-15-20-4-3-13-26-20;/h5-8,17,20H,3-4,9-16H2,1-2H3,(H2,22,23,24);1H. The molecule has 152 valence electrons. The van der Waals surface area contributed by atoms with Crippen molar-refractivity contribution < 1.29 is 4.74 Å². The third-order valence-electron chi connectivity index (χ3n) is 5.51. The van der Waals surface area contributed by atoms with Gasteiger partial charge in [0.25, 0.3) is 0 Å². The molecule has 27 heavy (non-hydrogen) atoms. The van der Waals surface area contributed by atoms with Crippen molar-refractivity contribution in [1.29, 1.82) is 0 Å². The molecule has 2 heterocycles. The van der Waals surface area contributed by atoms with Crippen LogP contribution in [0.1, 0.15) is 43.7 Å². The predicted molar refractivity (Wildman–Crippen MR) is 123 cm³/mol. The van der Waals surface area contributed by atoms with Crippen LogP contribution in [-0.2, 0) is 17.8 Å². The zero-order valence-corrected chi connectivity index (χ0v) is 19.1. The minimum Gasteiger partial charge on any atom is -0.376 e. The van der Waals surface area contributed by atoms with Gasteiger partial charge in [-0.1, -0.05) is 31.2 Å². The first-order valence-electron chi connectivity index (χ1n) is 10.1. The molecule has 2 fully saturated rings. The minimum absolute atomic E-state index is 0. The SMILES string of the molecule is CN=C(NCc1ccc(CN2CCC(C)CC2)cc1)NCC1CCCO1.I. The van der Waals surface area contributed by atoms with E-state index in [1.54, 1.807) is 0 Å². The molecule has 1 aromatic carbocycles. The Bertz CT molecular complexity index is 564. The molecule has 0 saturated carbocycles. The molecule has 3 rings (SSSR count). The molecule has 1 aromatic rings. The molecule has 0 radical (unpaired) electrons. The smallest absolute Gasteiger partial charge is 0.191 e. The Balaban J connectivity index is 0.00000261. The number of piperidine rings is 1. The van der Waals surface area contributed by atoms with Gasteiger partial charge in [-0.25, -0.2) is 0 Å². The number of hydrogen-bond acceptors (Lipinski definition) is 3. The summed E-state index contributed by atoms with van der Waals surface area (Å²) in [6.07, 6.45) is 5.30. The highest BCUT2D eigenvalue weighted by atomic mass is 127. The summed E-state index contributed by atoms with van der Waals surface area (Å²) in [4.78, 5) is 6.87. The Morgan fingerprint density at radius 3 is 2.44 bits per heavy atom. The van der Waals surface area contributed by atoms with Crippen molar-refractivity contribution in [2.45, 2.75) is 51.8 Å². The number of guanidine groups is 1. The van der Waals surface area contributed by atoms with Crippen molar-refractivity contribution >= 4 is 29.9 Å². The van der Waals surface area contributed by atoms with E-state index in [9.17, 15) is 0 Å². The van der Waals surface area contributed by atoms with Crippen LogP contribution in [0.3, 0.4) is 0 Å². The van der Waals surface area contributed by atoms with Gasteiger partial charge in [-0.3, -0.25) is 9.89 Å². The molecule has 0 aliphatic carbocycles. The summed E-state index contributed by atoms with van der Waals surface area (Å²) in [7, 11) is 1.81. The second kappa shape index (κ2) is 11.9. The number of nitrogens with zero attached hydrogens (tertiary/aromatic N) is 2. The van der Waals surface area contributed by atoms with Gasteiger partial charge in [0.2, 0.25) is 0 Å². The third-order valence-corrected chi connectivity index (χ3v) is 5.51. The Hall–Kier alpha value is -0.860. The summed E-state index contributed by atoms with van der Waals surface area (Å²) in [5, 5.41) is 6.75. The first kappa shape index (κ1) is 22.4. The number of nitrogens with one attached hydrogen (secondary N) is 2. The van der Waals surface area contributed by atoms with Crippen molar-refractivity contribution in [3.63, 3.8) is 0 Å². The fourth-order valence-electron chi connectivity index (χ4n) is 3.66. The van der Waals surface area contributed by atoms with Crippen LogP contribution in [0.2, 0.25) is 0 Å². The lowest BCUT2D eigenvalue weighted by Crippen LogP contribution is -2.40. The van der Waals surface area contributed by atoms with Crippen LogP contribution < -0.4 is 10.6 Å². The average molecular weight is 486 g/mol. The van der Waals surface area contributed by atoms with Crippen molar-refractivity contribution in [2.24, 2.45) is 10.9 Å². The number of ether oxygens (including phenoxy) is 1. The molecule has 6 heteroatoms. The van der Waals surface area contributed by atoms with Gasteiger partial charge in [-0.05, 0) is 55.8 Å². The van der Waals surface area contributed by atoms with E-state index in [2.05, 4.69) is 51.7 Å². The number of aliphatic imine (C=N–C) groups is 1. The fraction of sp³-hybridized carbons (Fsp3) is 0.667. The van der Waals surface area contributed by atoms with Crippen molar-refractivity contribution in [1.82, 2.24) is 15.5 Å². The van der Waals surface area contributed by atoms with Crippen LogP contribution in [0, 0.1) is 5.92 Å². The fourth-order valence-corrected chi connectivity index (χ4v) is 3.66. The van der Waals surface area contributed by atoms with Crippen LogP contribution in [0.5, 0.6) is 0 Å². The Morgan fingerprint density at radius 2 is 1.81 bits per heavy atom. The highest BCUT2D eigenvalue weighted by molar-refractivity contribution is 14.0. The van der Waals surface area contributed by atoms with Gasteiger partial charge in [0.15, 0.2) is 5.96 Å². The van der Waals surface area contributed by atoms with E-state index in [1.165, 1.54) is 43.5 Å². The predicted octanol–water partition coefficient (Wildman–Crippen LogP) is 3.38. The van der Waals surface area contributed by atoms with Crippen molar-refractivity contribution in [3.8, 4) is 0 Å². The van der Waals surface area contributed by atoms with Gasteiger partial charge >= 0.3 is 0 Å². The first-order chi connectivity index (χ1) is 12.7. The molecule has 2 saturated heterocycles. The number of halogens is 1. The van der Waals surface area contributed by atoms with Crippen LogP contribution >= 0.6 is 24.0 Å². The second-order valence-corrected chi connectivity index (χ2v) is 7.72. The van der Waals surface area contributed by atoms with Crippen LogP contribution in [-0.4, -0.2) is 50.3 Å². The van der Waals surface area contributed by atoms with Crippen molar-refractivity contribution in [2.75, 3.05) is 33.3 Å². The normalized spacial score (nSPS) is 21.7. The molecule has 0 spiro atoms. The maximum absolute atomic E-state index is 5.64. The maximum atomic E-state index is 5.64. The molecular weight excluding hydrogens is 451 g/mol. The Morgan fingerprint density at radius 1 is 1.11 bits per heavy atom. The molecule has 2 aliphatic rings. The molecule has 1 unspecified atom stereocenters. The molecule has 0 aromatic heterocycles.